The van der Waals surface area contributed by atoms with Crippen molar-refractivity contribution < 1.29 is 4.79 Å². The highest BCUT2D eigenvalue weighted by molar-refractivity contribution is 5.94. The van der Waals surface area contributed by atoms with Crippen LogP contribution in [0.25, 0.3) is 16.7 Å². The summed E-state index contributed by atoms with van der Waals surface area (Å²) < 4.78 is 1.88. The molecule has 1 amide bonds. The molecule has 1 aromatic carbocycles. The van der Waals surface area contributed by atoms with Crippen molar-refractivity contribution >= 4 is 22.6 Å². The number of nitrogens with one attached hydrogen (secondary N) is 2. The van der Waals surface area contributed by atoms with E-state index in [-0.39, 0.29) is 5.91 Å². The molecule has 4 rings (SSSR count). The Morgan fingerprint density at radius 2 is 1.74 bits per heavy atom. The van der Waals surface area contributed by atoms with Crippen molar-refractivity contribution in [2.45, 2.75) is 0 Å². The third-order valence-corrected chi connectivity index (χ3v) is 4.07. The Bertz CT molecular complexity index is 1040. The Morgan fingerprint density at radius 3 is 2.56 bits per heavy atom. The van der Waals surface area contributed by atoms with Crippen LogP contribution in [0.1, 0.15) is 10.5 Å². The van der Waals surface area contributed by atoms with E-state index in [2.05, 4.69) is 25.8 Å². The lowest BCUT2D eigenvalue weighted by molar-refractivity contribution is 0.0950. The Morgan fingerprint density at radius 1 is 0.889 bits per heavy atom. The zero-order valence-corrected chi connectivity index (χ0v) is 14.5. The fourth-order valence-corrected chi connectivity index (χ4v) is 2.69. The van der Waals surface area contributed by atoms with Gasteiger partial charge in [-0.3, -0.25) is 4.79 Å². The molecule has 3 aromatic heterocycles. The van der Waals surface area contributed by atoms with E-state index < -0.39 is 0 Å². The summed E-state index contributed by atoms with van der Waals surface area (Å²) in [5.74, 6) is 1.21. The van der Waals surface area contributed by atoms with E-state index in [0.29, 0.717) is 24.6 Å². The van der Waals surface area contributed by atoms with E-state index in [4.69, 9.17) is 0 Å². The van der Waals surface area contributed by atoms with Crippen LogP contribution >= 0.6 is 0 Å². The average molecular weight is 358 g/mol. The van der Waals surface area contributed by atoms with Crippen LogP contribution in [-0.2, 0) is 0 Å². The molecule has 7 heteroatoms. The van der Waals surface area contributed by atoms with Gasteiger partial charge in [-0.05, 0) is 36.4 Å². The molecule has 0 saturated heterocycles. The fraction of sp³-hybridized carbons (Fsp3) is 0.100. The van der Waals surface area contributed by atoms with E-state index in [1.807, 2.05) is 71.6 Å². The number of aromatic nitrogens is 4. The monoisotopic (exact) mass is 358 g/mol. The van der Waals surface area contributed by atoms with Crippen LogP contribution in [-0.4, -0.2) is 38.7 Å². The van der Waals surface area contributed by atoms with Gasteiger partial charge in [-0.1, -0.05) is 24.3 Å². The molecule has 0 aliphatic rings. The second-order valence-electron chi connectivity index (χ2n) is 5.94. The van der Waals surface area contributed by atoms with Gasteiger partial charge in [0.1, 0.15) is 11.5 Å². The molecule has 0 radical (unpaired) electrons. The van der Waals surface area contributed by atoms with Crippen LogP contribution in [0.5, 0.6) is 0 Å². The highest BCUT2D eigenvalue weighted by atomic mass is 16.1. The number of rotatable bonds is 6. The minimum absolute atomic E-state index is 0.198. The summed E-state index contributed by atoms with van der Waals surface area (Å²) in [6.07, 6.45) is 3.82. The lowest BCUT2D eigenvalue weighted by Gasteiger charge is -2.08. The molecular formula is C20H18N6O. The second kappa shape index (κ2) is 7.65. The Kier molecular flexibility index (Phi) is 4.74. The van der Waals surface area contributed by atoms with Gasteiger partial charge >= 0.3 is 0 Å². The van der Waals surface area contributed by atoms with Gasteiger partial charge in [0.05, 0.1) is 5.52 Å². The van der Waals surface area contributed by atoms with Gasteiger partial charge in [0.15, 0.2) is 5.82 Å². The van der Waals surface area contributed by atoms with Crippen LogP contribution < -0.4 is 10.6 Å². The van der Waals surface area contributed by atoms with Gasteiger partial charge in [-0.25, -0.2) is 4.98 Å². The predicted octanol–water partition coefficient (Wildman–Crippen LogP) is 2.66. The smallest absolute Gasteiger partial charge is 0.269 e. The number of carbonyl (C=O) groups excluding carboxylic acids is 1. The SMILES string of the molecule is O=C(NCCNc1ccc(-n2cccc2)nn1)c1ccc2ccccc2n1. The molecule has 3 heterocycles. The molecule has 0 spiro atoms. The Hall–Kier alpha value is -3.74. The number of pyridine rings is 1. The first kappa shape index (κ1) is 16.7. The van der Waals surface area contributed by atoms with Crippen molar-refractivity contribution in [2.24, 2.45) is 0 Å². The molecule has 0 bridgehead atoms. The number of nitrogens with zero attached hydrogens (tertiary/aromatic N) is 4. The van der Waals surface area contributed by atoms with Crippen molar-refractivity contribution in [1.29, 1.82) is 0 Å². The summed E-state index contributed by atoms with van der Waals surface area (Å²) in [7, 11) is 0. The summed E-state index contributed by atoms with van der Waals surface area (Å²) in [4.78, 5) is 16.6. The molecule has 134 valence electrons. The maximum atomic E-state index is 12.2. The first-order valence-electron chi connectivity index (χ1n) is 8.64. The summed E-state index contributed by atoms with van der Waals surface area (Å²) >= 11 is 0. The average Bonchev–Trinajstić information content (AvgIpc) is 3.26. The lowest BCUT2D eigenvalue weighted by Crippen LogP contribution is -2.29. The maximum Gasteiger partial charge on any atom is 0.269 e. The highest BCUT2D eigenvalue weighted by Gasteiger charge is 2.07. The zero-order valence-electron chi connectivity index (χ0n) is 14.5. The molecule has 2 N–H and O–H groups in total. The topological polar surface area (TPSA) is 84.7 Å². The van der Waals surface area contributed by atoms with Crippen LogP contribution in [0.3, 0.4) is 0 Å². The fourth-order valence-electron chi connectivity index (χ4n) is 2.69. The summed E-state index contributed by atoms with van der Waals surface area (Å²) in [6.45, 7) is 0.991. The van der Waals surface area contributed by atoms with Crippen LogP contribution in [0.4, 0.5) is 5.82 Å². The summed E-state index contributed by atoms with van der Waals surface area (Å²) in [5.41, 5.74) is 1.21. The van der Waals surface area contributed by atoms with Crippen molar-refractivity contribution in [1.82, 2.24) is 25.1 Å². The molecule has 0 unspecified atom stereocenters. The first-order chi connectivity index (χ1) is 13.3. The Labute approximate surface area is 156 Å². The molecule has 7 nitrogen and oxygen atoms in total. The highest BCUT2D eigenvalue weighted by Crippen LogP contribution is 2.11. The van der Waals surface area contributed by atoms with E-state index >= 15 is 0 Å². The van der Waals surface area contributed by atoms with Crippen molar-refractivity contribution in [3.63, 3.8) is 0 Å². The second-order valence-corrected chi connectivity index (χ2v) is 5.94. The van der Waals surface area contributed by atoms with E-state index in [1.54, 1.807) is 6.07 Å². The number of carbonyl (C=O) groups is 1. The normalized spacial score (nSPS) is 10.7. The van der Waals surface area contributed by atoms with Gasteiger partial charge in [0.25, 0.3) is 5.91 Å². The molecule has 0 atom stereocenters. The standard InChI is InChI=1S/C20H18N6O/c27-20(17-8-7-15-5-1-2-6-16(15)23-17)22-12-11-21-18-9-10-19(25-24-18)26-13-3-4-14-26/h1-10,13-14H,11-12H2,(H,21,24)(H,22,27). The van der Waals surface area contributed by atoms with Gasteiger partial charge in [-0.15, -0.1) is 10.2 Å². The summed E-state index contributed by atoms with van der Waals surface area (Å²) in [5, 5.41) is 15.3. The lowest BCUT2D eigenvalue weighted by atomic mass is 10.2. The number of anilines is 1. The van der Waals surface area contributed by atoms with E-state index in [1.165, 1.54) is 0 Å². The minimum atomic E-state index is -0.198. The van der Waals surface area contributed by atoms with Gasteiger partial charge in [-0.2, -0.15) is 0 Å². The maximum absolute atomic E-state index is 12.2. The molecule has 27 heavy (non-hydrogen) atoms. The van der Waals surface area contributed by atoms with Crippen molar-refractivity contribution in [3.8, 4) is 5.82 Å². The number of benzene rings is 1. The number of fused-ring (bicyclic) bond motifs is 1. The Balaban J connectivity index is 1.28. The number of hydrogen-bond acceptors (Lipinski definition) is 5. The number of hydrogen-bond donors (Lipinski definition) is 2. The minimum Gasteiger partial charge on any atom is -0.367 e. The van der Waals surface area contributed by atoms with Gasteiger partial charge < -0.3 is 15.2 Å². The molecule has 0 fully saturated rings. The molecular weight excluding hydrogens is 340 g/mol. The zero-order chi connectivity index (χ0) is 18.5. The quantitative estimate of drug-likeness (QED) is 0.518. The van der Waals surface area contributed by atoms with E-state index in [9.17, 15) is 4.79 Å². The van der Waals surface area contributed by atoms with Crippen LogP contribution in [0.2, 0.25) is 0 Å². The van der Waals surface area contributed by atoms with Crippen molar-refractivity contribution in [2.75, 3.05) is 18.4 Å². The van der Waals surface area contributed by atoms with Gasteiger partial charge in [0.2, 0.25) is 0 Å². The largest absolute Gasteiger partial charge is 0.367 e. The number of para-hydroxylation sites is 1. The predicted molar refractivity (Wildman–Crippen MR) is 104 cm³/mol. The van der Waals surface area contributed by atoms with Gasteiger partial charge in [0, 0.05) is 30.9 Å². The molecule has 0 aliphatic carbocycles. The molecule has 0 saturated carbocycles. The first-order valence-corrected chi connectivity index (χ1v) is 8.64. The third kappa shape index (κ3) is 3.92. The molecule has 0 aliphatic heterocycles. The molecule has 4 aromatic rings. The number of amides is 1. The van der Waals surface area contributed by atoms with Crippen LogP contribution in [0, 0.1) is 0 Å². The van der Waals surface area contributed by atoms with E-state index in [0.717, 1.165) is 16.7 Å². The van der Waals surface area contributed by atoms with Crippen LogP contribution in [0.15, 0.2) is 73.1 Å². The third-order valence-electron chi connectivity index (χ3n) is 4.07. The summed E-state index contributed by atoms with van der Waals surface area (Å²) in [6, 6.07) is 18.9. The van der Waals surface area contributed by atoms with Crippen molar-refractivity contribution in [3.05, 3.63) is 78.8 Å².